The van der Waals surface area contributed by atoms with Crippen molar-refractivity contribution in [2.75, 3.05) is 19.8 Å². The Balaban J connectivity index is 2.42. The minimum atomic E-state index is -0.0357. The lowest BCUT2D eigenvalue weighted by Crippen LogP contribution is -2.22. The van der Waals surface area contributed by atoms with E-state index >= 15 is 0 Å². The van der Waals surface area contributed by atoms with Crippen LogP contribution in [0.1, 0.15) is 16.1 Å². The number of hydrogen-bond acceptors (Lipinski definition) is 4. The SMILES string of the molecule is Cc1cc(Sc2cc(N)ccc2C(=O)N(C)C)n(C)n1. The Bertz CT molecular complexity index is 649. The van der Waals surface area contributed by atoms with E-state index in [-0.39, 0.29) is 5.91 Å². The highest BCUT2D eigenvalue weighted by Crippen LogP contribution is 2.32. The highest BCUT2D eigenvalue weighted by Gasteiger charge is 2.16. The van der Waals surface area contributed by atoms with Gasteiger partial charge in [0, 0.05) is 31.7 Å². The number of amides is 1. The number of carbonyl (C=O) groups is 1. The second-order valence-electron chi connectivity index (χ2n) is 4.80. The van der Waals surface area contributed by atoms with Crippen LogP contribution in [0, 0.1) is 6.92 Å². The van der Waals surface area contributed by atoms with Gasteiger partial charge in [-0.15, -0.1) is 0 Å². The largest absolute Gasteiger partial charge is 0.399 e. The number of benzene rings is 1. The lowest BCUT2D eigenvalue weighted by molar-refractivity contribution is 0.0824. The molecule has 2 rings (SSSR count). The van der Waals surface area contributed by atoms with Crippen LogP contribution in [0.4, 0.5) is 5.69 Å². The average molecular weight is 290 g/mol. The lowest BCUT2D eigenvalue weighted by Gasteiger charge is -2.14. The number of anilines is 1. The molecule has 0 aliphatic heterocycles. The van der Waals surface area contributed by atoms with Crippen LogP contribution in [0.2, 0.25) is 0 Å². The first-order valence-electron chi connectivity index (χ1n) is 6.18. The summed E-state index contributed by atoms with van der Waals surface area (Å²) in [7, 11) is 5.36. The number of aryl methyl sites for hydroxylation is 2. The first kappa shape index (κ1) is 14.5. The quantitative estimate of drug-likeness (QED) is 0.880. The maximum atomic E-state index is 12.2. The molecule has 1 heterocycles. The summed E-state index contributed by atoms with van der Waals surface area (Å²) in [6.45, 7) is 1.94. The fourth-order valence-electron chi connectivity index (χ4n) is 1.84. The van der Waals surface area contributed by atoms with Crippen molar-refractivity contribution < 1.29 is 4.79 Å². The van der Waals surface area contributed by atoms with Crippen molar-refractivity contribution in [2.45, 2.75) is 16.8 Å². The second kappa shape index (κ2) is 5.58. The van der Waals surface area contributed by atoms with Crippen molar-refractivity contribution in [3.63, 3.8) is 0 Å². The Hall–Kier alpha value is -1.95. The zero-order valence-corrected chi connectivity index (χ0v) is 12.9. The van der Waals surface area contributed by atoms with Gasteiger partial charge in [-0.3, -0.25) is 9.48 Å². The van der Waals surface area contributed by atoms with Gasteiger partial charge in [0.25, 0.3) is 5.91 Å². The highest BCUT2D eigenvalue weighted by molar-refractivity contribution is 7.99. The Morgan fingerprint density at radius 1 is 1.35 bits per heavy atom. The summed E-state index contributed by atoms with van der Waals surface area (Å²) in [4.78, 5) is 14.6. The number of aromatic nitrogens is 2. The maximum absolute atomic E-state index is 12.2. The van der Waals surface area contributed by atoms with E-state index in [9.17, 15) is 4.79 Å². The smallest absolute Gasteiger partial charge is 0.254 e. The maximum Gasteiger partial charge on any atom is 0.254 e. The van der Waals surface area contributed by atoms with Gasteiger partial charge in [-0.1, -0.05) is 11.8 Å². The molecule has 0 saturated carbocycles. The van der Waals surface area contributed by atoms with Crippen LogP contribution in [-0.4, -0.2) is 34.7 Å². The molecule has 0 spiro atoms. The third-order valence-electron chi connectivity index (χ3n) is 2.82. The van der Waals surface area contributed by atoms with Crippen molar-refractivity contribution in [1.82, 2.24) is 14.7 Å². The molecule has 0 atom stereocenters. The van der Waals surface area contributed by atoms with E-state index < -0.39 is 0 Å². The predicted octanol–water partition coefficient (Wildman–Crippen LogP) is 2.16. The molecule has 6 heteroatoms. The standard InChI is InChI=1S/C14H18N4OS/c1-9-7-13(18(4)16-9)20-12-8-10(15)5-6-11(12)14(19)17(2)3/h5-8H,15H2,1-4H3. The molecular formula is C14H18N4OS. The van der Waals surface area contributed by atoms with Gasteiger partial charge in [-0.2, -0.15) is 5.10 Å². The third kappa shape index (κ3) is 2.96. The first-order valence-corrected chi connectivity index (χ1v) is 7.00. The van der Waals surface area contributed by atoms with Crippen LogP contribution in [0.25, 0.3) is 0 Å². The van der Waals surface area contributed by atoms with Crippen LogP contribution in [0.15, 0.2) is 34.2 Å². The van der Waals surface area contributed by atoms with Crippen molar-refractivity contribution in [3.8, 4) is 0 Å². The monoisotopic (exact) mass is 290 g/mol. The Morgan fingerprint density at radius 2 is 2.05 bits per heavy atom. The number of carbonyl (C=O) groups excluding carboxylic acids is 1. The van der Waals surface area contributed by atoms with Crippen LogP contribution >= 0.6 is 11.8 Å². The van der Waals surface area contributed by atoms with Crippen LogP contribution < -0.4 is 5.73 Å². The van der Waals surface area contributed by atoms with Gasteiger partial charge < -0.3 is 10.6 Å². The molecular weight excluding hydrogens is 272 g/mol. The average Bonchev–Trinajstić information content (AvgIpc) is 2.67. The molecule has 1 aromatic heterocycles. The minimum Gasteiger partial charge on any atom is -0.399 e. The molecule has 1 amide bonds. The summed E-state index contributed by atoms with van der Waals surface area (Å²) in [6.07, 6.45) is 0. The highest BCUT2D eigenvalue weighted by atomic mass is 32.2. The van der Waals surface area contributed by atoms with Crippen molar-refractivity contribution in [3.05, 3.63) is 35.5 Å². The summed E-state index contributed by atoms with van der Waals surface area (Å²) in [5.74, 6) is -0.0357. The van der Waals surface area contributed by atoms with Gasteiger partial charge in [0.05, 0.1) is 16.3 Å². The van der Waals surface area contributed by atoms with E-state index in [1.807, 2.05) is 26.1 Å². The molecule has 0 aliphatic rings. The van der Waals surface area contributed by atoms with Gasteiger partial charge in [0.15, 0.2) is 0 Å². The molecule has 0 unspecified atom stereocenters. The Labute approximate surface area is 122 Å². The molecule has 106 valence electrons. The van der Waals surface area contributed by atoms with Crippen molar-refractivity contribution in [1.29, 1.82) is 0 Å². The van der Waals surface area contributed by atoms with E-state index in [1.54, 1.807) is 35.8 Å². The summed E-state index contributed by atoms with van der Waals surface area (Å²) in [5, 5.41) is 5.28. The van der Waals surface area contributed by atoms with Gasteiger partial charge >= 0.3 is 0 Å². The fraction of sp³-hybridized carbons (Fsp3) is 0.286. The van der Waals surface area contributed by atoms with Crippen LogP contribution in [0.3, 0.4) is 0 Å². The molecule has 2 aromatic rings. The predicted molar refractivity (Wildman–Crippen MR) is 80.9 cm³/mol. The molecule has 0 fully saturated rings. The normalized spacial score (nSPS) is 10.6. The molecule has 2 N–H and O–H groups in total. The zero-order valence-electron chi connectivity index (χ0n) is 12.0. The number of nitrogen functional groups attached to an aromatic ring is 1. The first-order chi connectivity index (χ1) is 9.38. The van der Waals surface area contributed by atoms with Crippen LogP contribution in [-0.2, 0) is 7.05 Å². The summed E-state index contributed by atoms with van der Waals surface area (Å²) < 4.78 is 1.80. The number of hydrogen-bond donors (Lipinski definition) is 1. The van der Waals surface area contributed by atoms with E-state index in [0.29, 0.717) is 11.3 Å². The van der Waals surface area contributed by atoms with Gasteiger partial charge in [0.1, 0.15) is 0 Å². The Kier molecular flexibility index (Phi) is 4.04. The molecule has 0 saturated heterocycles. The molecule has 5 nitrogen and oxygen atoms in total. The minimum absolute atomic E-state index is 0.0357. The van der Waals surface area contributed by atoms with E-state index in [0.717, 1.165) is 15.6 Å². The molecule has 0 aliphatic carbocycles. The molecule has 20 heavy (non-hydrogen) atoms. The van der Waals surface area contributed by atoms with Crippen molar-refractivity contribution in [2.24, 2.45) is 7.05 Å². The molecule has 0 bridgehead atoms. The van der Waals surface area contributed by atoms with Crippen LogP contribution in [0.5, 0.6) is 0 Å². The third-order valence-corrected chi connectivity index (χ3v) is 3.96. The Morgan fingerprint density at radius 3 is 2.60 bits per heavy atom. The summed E-state index contributed by atoms with van der Waals surface area (Å²) in [5.41, 5.74) is 8.07. The second-order valence-corrected chi connectivity index (χ2v) is 5.87. The lowest BCUT2D eigenvalue weighted by atomic mass is 10.2. The topological polar surface area (TPSA) is 64.2 Å². The molecule has 0 radical (unpaired) electrons. The van der Waals surface area contributed by atoms with Gasteiger partial charge in [-0.25, -0.2) is 0 Å². The zero-order chi connectivity index (χ0) is 14.9. The number of nitrogens with zero attached hydrogens (tertiary/aromatic N) is 3. The number of nitrogens with two attached hydrogens (primary N) is 1. The molecule has 1 aromatic carbocycles. The van der Waals surface area contributed by atoms with Gasteiger partial charge in [0.2, 0.25) is 0 Å². The fourth-order valence-corrected chi connectivity index (χ4v) is 2.92. The van der Waals surface area contributed by atoms with E-state index in [2.05, 4.69) is 5.10 Å². The summed E-state index contributed by atoms with van der Waals surface area (Å²) in [6, 6.07) is 7.32. The van der Waals surface area contributed by atoms with Crippen molar-refractivity contribution >= 4 is 23.4 Å². The summed E-state index contributed by atoms with van der Waals surface area (Å²) >= 11 is 1.49. The van der Waals surface area contributed by atoms with E-state index in [4.69, 9.17) is 5.73 Å². The van der Waals surface area contributed by atoms with E-state index in [1.165, 1.54) is 11.8 Å². The number of rotatable bonds is 3. The van der Waals surface area contributed by atoms with Gasteiger partial charge in [-0.05, 0) is 31.2 Å².